The molecule has 2 saturated heterocycles. The molecule has 3 aliphatic rings. The summed E-state index contributed by atoms with van der Waals surface area (Å²) in [6.07, 6.45) is 1.83. The van der Waals surface area contributed by atoms with Gasteiger partial charge in [-0.2, -0.15) is 4.99 Å². The highest BCUT2D eigenvalue weighted by Crippen LogP contribution is 2.42. The molecule has 23 heavy (non-hydrogen) atoms. The topological polar surface area (TPSA) is 66.8 Å². The Bertz CT molecular complexity index is 805. The molecule has 1 aliphatic carbocycles. The first-order chi connectivity index (χ1) is 10.9. The van der Waals surface area contributed by atoms with E-state index in [9.17, 15) is 13.2 Å². The molecule has 2 atom stereocenters. The average Bonchev–Trinajstić information content (AvgIpc) is 3.20. The number of rotatable bonds is 2. The van der Waals surface area contributed by atoms with E-state index in [1.807, 2.05) is 29.2 Å². The average molecular weight is 415 g/mol. The van der Waals surface area contributed by atoms with Crippen molar-refractivity contribution >= 4 is 54.3 Å². The highest BCUT2D eigenvalue weighted by atomic mass is 79.9. The lowest BCUT2D eigenvalue weighted by Gasteiger charge is -2.24. The van der Waals surface area contributed by atoms with Crippen molar-refractivity contribution in [2.24, 2.45) is 10.9 Å². The van der Waals surface area contributed by atoms with Crippen LogP contribution in [0.1, 0.15) is 12.8 Å². The highest BCUT2D eigenvalue weighted by molar-refractivity contribution is 9.10. The zero-order valence-electron chi connectivity index (χ0n) is 12.2. The van der Waals surface area contributed by atoms with Gasteiger partial charge in [0.05, 0.1) is 17.5 Å². The number of thioether (sulfide) groups is 1. The molecule has 0 radical (unpaired) electrons. The Labute approximate surface area is 147 Å². The van der Waals surface area contributed by atoms with Gasteiger partial charge in [0.25, 0.3) is 5.91 Å². The zero-order chi connectivity index (χ0) is 16.2. The van der Waals surface area contributed by atoms with Gasteiger partial charge in [-0.05, 0) is 31.0 Å². The number of aliphatic imine (C=N–C) groups is 1. The Kier molecular flexibility index (Phi) is 3.81. The molecule has 4 rings (SSSR count). The predicted molar refractivity (Wildman–Crippen MR) is 95.6 cm³/mol. The van der Waals surface area contributed by atoms with Crippen molar-refractivity contribution in [1.29, 1.82) is 0 Å². The van der Waals surface area contributed by atoms with Gasteiger partial charge in [-0.25, -0.2) is 8.42 Å². The van der Waals surface area contributed by atoms with E-state index in [2.05, 4.69) is 20.9 Å². The number of halogens is 1. The van der Waals surface area contributed by atoms with E-state index >= 15 is 0 Å². The van der Waals surface area contributed by atoms with E-state index in [1.54, 1.807) is 0 Å². The molecule has 0 bridgehead atoms. The third-order valence-electron chi connectivity index (χ3n) is 4.29. The van der Waals surface area contributed by atoms with Gasteiger partial charge in [0.2, 0.25) is 0 Å². The molecule has 0 aromatic heterocycles. The minimum Gasteiger partial charge on any atom is -0.316 e. The van der Waals surface area contributed by atoms with Crippen LogP contribution in [-0.4, -0.2) is 42.3 Å². The first kappa shape index (κ1) is 15.7. The molecular weight excluding hydrogens is 400 g/mol. The molecule has 1 saturated carbocycles. The maximum atomic E-state index is 12.1. The van der Waals surface area contributed by atoms with Crippen molar-refractivity contribution in [3.8, 4) is 0 Å². The molecular formula is C15H15BrN2O3S2. The largest absolute Gasteiger partial charge is 0.316 e. The summed E-state index contributed by atoms with van der Waals surface area (Å²) in [4.78, 5) is 18.3. The second kappa shape index (κ2) is 5.60. The molecule has 2 aliphatic heterocycles. The van der Waals surface area contributed by atoms with Crippen molar-refractivity contribution < 1.29 is 13.2 Å². The number of nitrogens with zero attached hydrogens (tertiary/aromatic N) is 2. The zero-order valence-corrected chi connectivity index (χ0v) is 15.4. The van der Waals surface area contributed by atoms with Crippen LogP contribution in [0.25, 0.3) is 0 Å². The standard InChI is InChI=1S/C15H15BrN2O3S2/c16-10-2-1-3-11(6-10)18-12-7-23(20,21)8-13(12)22-15(18)17-14(19)9-4-5-9/h1-3,6,9,12-13H,4-5,7-8H2. The maximum absolute atomic E-state index is 12.1. The van der Waals surface area contributed by atoms with Crippen molar-refractivity contribution in [3.05, 3.63) is 28.7 Å². The van der Waals surface area contributed by atoms with Gasteiger partial charge >= 0.3 is 0 Å². The Balaban J connectivity index is 1.73. The molecule has 1 aromatic carbocycles. The molecule has 2 heterocycles. The highest BCUT2D eigenvalue weighted by Gasteiger charge is 2.49. The summed E-state index contributed by atoms with van der Waals surface area (Å²) in [7, 11) is -3.03. The summed E-state index contributed by atoms with van der Waals surface area (Å²) in [5, 5.41) is 0.592. The van der Waals surface area contributed by atoms with Crippen LogP contribution < -0.4 is 4.90 Å². The number of benzene rings is 1. The minimum absolute atomic E-state index is 0.0512. The molecule has 5 nitrogen and oxygen atoms in total. The van der Waals surface area contributed by atoms with Gasteiger partial charge in [0.1, 0.15) is 0 Å². The van der Waals surface area contributed by atoms with E-state index in [0.717, 1.165) is 23.0 Å². The van der Waals surface area contributed by atoms with Crippen LogP contribution in [-0.2, 0) is 14.6 Å². The lowest BCUT2D eigenvalue weighted by molar-refractivity contribution is -0.118. The normalized spacial score (nSPS) is 30.7. The van der Waals surface area contributed by atoms with E-state index in [0.29, 0.717) is 5.17 Å². The summed E-state index contributed by atoms with van der Waals surface area (Å²) in [5.74, 6) is 0.268. The van der Waals surface area contributed by atoms with Crippen molar-refractivity contribution in [2.45, 2.75) is 24.1 Å². The fourth-order valence-corrected chi connectivity index (χ4v) is 7.31. The quantitative estimate of drug-likeness (QED) is 0.743. The number of carbonyl (C=O) groups excluding carboxylic acids is 1. The van der Waals surface area contributed by atoms with Gasteiger partial charge in [-0.15, -0.1) is 0 Å². The molecule has 3 fully saturated rings. The van der Waals surface area contributed by atoms with Crippen molar-refractivity contribution in [1.82, 2.24) is 0 Å². The number of anilines is 1. The van der Waals surface area contributed by atoms with Gasteiger partial charge < -0.3 is 4.90 Å². The van der Waals surface area contributed by atoms with Crippen LogP contribution in [0.15, 0.2) is 33.7 Å². The van der Waals surface area contributed by atoms with Crippen LogP contribution in [0.5, 0.6) is 0 Å². The molecule has 122 valence electrons. The number of fused-ring (bicyclic) bond motifs is 1. The van der Waals surface area contributed by atoms with Crippen molar-refractivity contribution in [3.63, 3.8) is 0 Å². The van der Waals surface area contributed by atoms with Crippen LogP contribution in [0, 0.1) is 5.92 Å². The van der Waals surface area contributed by atoms with Gasteiger partial charge in [-0.3, -0.25) is 4.79 Å². The second-order valence-electron chi connectivity index (χ2n) is 6.16. The fourth-order valence-electron chi connectivity index (χ4n) is 3.01. The number of carbonyl (C=O) groups is 1. The molecule has 8 heteroatoms. The van der Waals surface area contributed by atoms with Gasteiger partial charge in [0.15, 0.2) is 15.0 Å². The van der Waals surface area contributed by atoms with E-state index in [1.165, 1.54) is 11.8 Å². The SMILES string of the molecule is O=C(N=C1SC2CS(=O)(=O)CC2N1c1cccc(Br)c1)C1CC1. The van der Waals surface area contributed by atoms with Crippen LogP contribution >= 0.6 is 27.7 Å². The third-order valence-corrected chi connectivity index (χ3v) is 7.99. The smallest absolute Gasteiger partial charge is 0.251 e. The summed E-state index contributed by atoms with van der Waals surface area (Å²) >= 11 is 4.88. The first-order valence-electron chi connectivity index (χ1n) is 7.47. The Morgan fingerprint density at radius 3 is 2.78 bits per heavy atom. The molecule has 2 unspecified atom stereocenters. The minimum atomic E-state index is -3.03. The van der Waals surface area contributed by atoms with E-state index < -0.39 is 9.84 Å². The fraction of sp³-hybridized carbons (Fsp3) is 0.467. The lowest BCUT2D eigenvalue weighted by atomic mass is 10.2. The Hall–Kier alpha value is -0.860. The van der Waals surface area contributed by atoms with E-state index in [4.69, 9.17) is 0 Å². The Morgan fingerprint density at radius 2 is 2.09 bits per heavy atom. The first-order valence-corrected chi connectivity index (χ1v) is 11.0. The molecule has 0 spiro atoms. The molecule has 1 amide bonds. The van der Waals surface area contributed by atoms with Gasteiger partial charge in [0, 0.05) is 21.3 Å². The van der Waals surface area contributed by atoms with E-state index in [-0.39, 0.29) is 34.6 Å². The number of amides is 1. The third kappa shape index (κ3) is 3.08. The van der Waals surface area contributed by atoms with Gasteiger partial charge in [-0.1, -0.05) is 33.8 Å². The van der Waals surface area contributed by atoms with Crippen LogP contribution in [0.3, 0.4) is 0 Å². The molecule has 1 aromatic rings. The maximum Gasteiger partial charge on any atom is 0.251 e. The number of hydrogen-bond donors (Lipinski definition) is 0. The van der Waals surface area contributed by atoms with Crippen molar-refractivity contribution in [2.75, 3.05) is 16.4 Å². The summed E-state index contributed by atoms with van der Waals surface area (Å²) in [6.45, 7) is 0. The summed E-state index contributed by atoms with van der Waals surface area (Å²) in [6, 6.07) is 7.54. The lowest BCUT2D eigenvalue weighted by Crippen LogP contribution is -2.37. The Morgan fingerprint density at radius 1 is 1.30 bits per heavy atom. The number of sulfone groups is 1. The van der Waals surface area contributed by atoms with Crippen LogP contribution in [0.2, 0.25) is 0 Å². The number of amidine groups is 1. The summed E-state index contributed by atoms with van der Waals surface area (Å²) < 4.78 is 24.9. The van der Waals surface area contributed by atoms with Crippen LogP contribution in [0.4, 0.5) is 5.69 Å². The predicted octanol–water partition coefficient (Wildman–Crippen LogP) is 2.46. The molecule has 0 N–H and O–H groups in total. The monoisotopic (exact) mass is 414 g/mol. The summed E-state index contributed by atoms with van der Waals surface area (Å²) in [5.41, 5.74) is 0.874. The second-order valence-corrected chi connectivity index (χ2v) is 10.4. The number of hydrogen-bond acceptors (Lipinski definition) is 4.